The minimum atomic E-state index is -0.273. The molecule has 2 heterocycles. The first-order valence-corrected chi connectivity index (χ1v) is 7.47. The van der Waals surface area contributed by atoms with Crippen LogP contribution < -0.4 is 5.43 Å². The molecule has 0 saturated carbocycles. The molecule has 4 rings (SSSR count). The first-order chi connectivity index (χ1) is 11.6. The van der Waals surface area contributed by atoms with Gasteiger partial charge in [0.15, 0.2) is 5.43 Å². The molecule has 5 heteroatoms. The Balaban J connectivity index is 1.97. The summed E-state index contributed by atoms with van der Waals surface area (Å²) in [5.41, 5.74) is 2.46. The highest BCUT2D eigenvalue weighted by Crippen LogP contribution is 2.32. The molecule has 0 bridgehead atoms. The van der Waals surface area contributed by atoms with E-state index in [0.29, 0.717) is 11.3 Å². The number of hydrogen-bond donors (Lipinski definition) is 1. The molecule has 4 aromatic rings. The highest BCUT2D eigenvalue weighted by Gasteiger charge is 2.13. The van der Waals surface area contributed by atoms with E-state index in [2.05, 4.69) is 5.10 Å². The van der Waals surface area contributed by atoms with Crippen molar-refractivity contribution >= 4 is 11.0 Å². The molecule has 1 N–H and O–H groups in total. The van der Waals surface area contributed by atoms with Gasteiger partial charge in [0, 0.05) is 30.4 Å². The van der Waals surface area contributed by atoms with Crippen molar-refractivity contribution in [3.05, 3.63) is 71.1 Å². The fourth-order valence-corrected chi connectivity index (χ4v) is 2.75. The summed E-state index contributed by atoms with van der Waals surface area (Å²) >= 11 is 0. The van der Waals surface area contributed by atoms with Crippen molar-refractivity contribution in [1.82, 2.24) is 9.78 Å². The summed E-state index contributed by atoms with van der Waals surface area (Å²) in [4.78, 5) is 12.4. The van der Waals surface area contributed by atoms with Gasteiger partial charge in [0.1, 0.15) is 22.5 Å². The zero-order valence-corrected chi connectivity index (χ0v) is 12.9. The van der Waals surface area contributed by atoms with E-state index < -0.39 is 0 Å². The fraction of sp³-hybridized carbons (Fsp3) is 0.0526. The van der Waals surface area contributed by atoms with E-state index in [-0.39, 0.29) is 16.6 Å². The molecule has 0 unspecified atom stereocenters. The number of rotatable bonds is 2. The summed E-state index contributed by atoms with van der Waals surface area (Å²) in [6.45, 7) is 0. The van der Waals surface area contributed by atoms with Gasteiger partial charge in [-0.15, -0.1) is 0 Å². The maximum absolute atomic E-state index is 12.4. The molecule has 0 saturated heterocycles. The maximum Gasteiger partial charge on any atom is 0.197 e. The van der Waals surface area contributed by atoms with E-state index in [1.165, 1.54) is 6.07 Å². The zero-order valence-electron chi connectivity index (χ0n) is 12.9. The number of aromatic nitrogens is 2. The molecule has 0 aliphatic heterocycles. The van der Waals surface area contributed by atoms with Gasteiger partial charge in [-0.1, -0.05) is 30.3 Å². The van der Waals surface area contributed by atoms with Gasteiger partial charge in [0.2, 0.25) is 0 Å². The second-order valence-electron chi connectivity index (χ2n) is 5.61. The minimum Gasteiger partial charge on any atom is -0.507 e. The van der Waals surface area contributed by atoms with Crippen LogP contribution >= 0.6 is 0 Å². The quantitative estimate of drug-likeness (QED) is 0.613. The molecule has 0 spiro atoms. The Kier molecular flexibility index (Phi) is 3.20. The van der Waals surface area contributed by atoms with E-state index in [4.69, 9.17) is 4.42 Å². The molecule has 0 atom stereocenters. The Morgan fingerprint density at radius 3 is 2.54 bits per heavy atom. The summed E-state index contributed by atoms with van der Waals surface area (Å²) in [6.07, 6.45) is 3.53. The number of aromatic hydroxyl groups is 1. The van der Waals surface area contributed by atoms with Crippen LogP contribution in [0.1, 0.15) is 0 Å². The third-order valence-corrected chi connectivity index (χ3v) is 3.91. The Morgan fingerprint density at radius 1 is 1.04 bits per heavy atom. The van der Waals surface area contributed by atoms with Crippen molar-refractivity contribution in [2.45, 2.75) is 0 Å². The lowest BCUT2D eigenvalue weighted by Crippen LogP contribution is -2.01. The van der Waals surface area contributed by atoms with E-state index in [9.17, 15) is 9.90 Å². The van der Waals surface area contributed by atoms with E-state index in [0.717, 1.165) is 16.7 Å². The van der Waals surface area contributed by atoms with Crippen LogP contribution in [0.15, 0.2) is 70.1 Å². The van der Waals surface area contributed by atoms with Crippen molar-refractivity contribution in [3.63, 3.8) is 0 Å². The third kappa shape index (κ3) is 2.36. The van der Waals surface area contributed by atoms with Crippen molar-refractivity contribution in [3.8, 4) is 28.2 Å². The molecule has 2 aromatic carbocycles. The minimum absolute atomic E-state index is 0.0975. The summed E-state index contributed by atoms with van der Waals surface area (Å²) in [7, 11) is 1.82. The smallest absolute Gasteiger partial charge is 0.197 e. The number of nitrogens with zero attached hydrogens (tertiary/aromatic N) is 2. The molecule has 24 heavy (non-hydrogen) atoms. The van der Waals surface area contributed by atoms with Crippen molar-refractivity contribution in [2.24, 2.45) is 7.05 Å². The van der Waals surface area contributed by atoms with Gasteiger partial charge in [-0.05, 0) is 17.7 Å². The van der Waals surface area contributed by atoms with E-state index >= 15 is 0 Å². The van der Waals surface area contributed by atoms with Crippen molar-refractivity contribution in [1.29, 1.82) is 0 Å². The normalized spacial score (nSPS) is 11.0. The highest BCUT2D eigenvalue weighted by atomic mass is 16.3. The average molecular weight is 318 g/mol. The van der Waals surface area contributed by atoms with Crippen LogP contribution in [0, 0.1) is 0 Å². The Morgan fingerprint density at radius 2 is 1.83 bits per heavy atom. The number of aryl methyl sites for hydroxylation is 1. The van der Waals surface area contributed by atoms with Crippen LogP contribution in [0.4, 0.5) is 0 Å². The standard InChI is InChI=1S/C19H14N2O3/c1-21-11-14(10-20-21)13-7-15(22)19-16(23)9-17(24-18(19)8-13)12-5-3-2-4-6-12/h2-11,22H,1H3. The molecular formula is C19H14N2O3. The second-order valence-corrected chi connectivity index (χ2v) is 5.61. The Hall–Kier alpha value is -3.34. The summed E-state index contributed by atoms with van der Waals surface area (Å²) in [6, 6.07) is 14.1. The van der Waals surface area contributed by atoms with Gasteiger partial charge >= 0.3 is 0 Å². The van der Waals surface area contributed by atoms with Gasteiger partial charge in [-0.2, -0.15) is 5.10 Å². The molecule has 0 fully saturated rings. The van der Waals surface area contributed by atoms with Gasteiger partial charge in [-0.25, -0.2) is 0 Å². The number of hydrogen-bond acceptors (Lipinski definition) is 4. The molecule has 118 valence electrons. The number of phenolic OH excluding ortho intramolecular Hbond substituents is 1. The van der Waals surface area contributed by atoms with Crippen LogP contribution in [-0.4, -0.2) is 14.9 Å². The topological polar surface area (TPSA) is 68.3 Å². The Bertz CT molecular complexity index is 1090. The lowest BCUT2D eigenvalue weighted by Gasteiger charge is -2.06. The van der Waals surface area contributed by atoms with Gasteiger partial charge in [0.25, 0.3) is 0 Å². The summed E-state index contributed by atoms with van der Waals surface area (Å²) in [5.74, 6) is 0.371. The van der Waals surface area contributed by atoms with Gasteiger partial charge in [0.05, 0.1) is 6.20 Å². The first kappa shape index (κ1) is 14.3. The number of phenols is 1. The molecule has 0 aliphatic rings. The Labute approximate surface area is 137 Å². The van der Waals surface area contributed by atoms with Crippen molar-refractivity contribution < 1.29 is 9.52 Å². The maximum atomic E-state index is 12.4. The van der Waals surface area contributed by atoms with Gasteiger partial charge in [-0.3, -0.25) is 9.48 Å². The number of fused-ring (bicyclic) bond motifs is 1. The zero-order chi connectivity index (χ0) is 16.7. The van der Waals surface area contributed by atoms with E-state index in [1.807, 2.05) is 43.6 Å². The predicted octanol–water partition coefficient (Wildman–Crippen LogP) is 3.57. The van der Waals surface area contributed by atoms with Crippen molar-refractivity contribution in [2.75, 3.05) is 0 Å². The van der Waals surface area contributed by atoms with Crippen LogP contribution in [0.25, 0.3) is 33.4 Å². The molecule has 0 amide bonds. The lowest BCUT2D eigenvalue weighted by atomic mass is 10.1. The monoisotopic (exact) mass is 318 g/mol. The van der Waals surface area contributed by atoms with Gasteiger partial charge < -0.3 is 9.52 Å². The van der Waals surface area contributed by atoms with Crippen LogP contribution in [0.2, 0.25) is 0 Å². The third-order valence-electron chi connectivity index (χ3n) is 3.91. The molecular weight excluding hydrogens is 304 g/mol. The number of benzene rings is 2. The predicted molar refractivity (Wildman–Crippen MR) is 91.8 cm³/mol. The fourth-order valence-electron chi connectivity index (χ4n) is 2.75. The lowest BCUT2D eigenvalue weighted by molar-refractivity contribution is 0.480. The second kappa shape index (κ2) is 5.38. The summed E-state index contributed by atoms with van der Waals surface area (Å²) in [5, 5.41) is 14.6. The molecule has 0 radical (unpaired) electrons. The van der Waals surface area contributed by atoms with Crippen LogP contribution in [-0.2, 0) is 7.05 Å². The highest BCUT2D eigenvalue weighted by molar-refractivity contribution is 5.89. The first-order valence-electron chi connectivity index (χ1n) is 7.47. The van der Waals surface area contributed by atoms with E-state index in [1.54, 1.807) is 23.0 Å². The van der Waals surface area contributed by atoms with Crippen LogP contribution in [0.5, 0.6) is 5.75 Å². The largest absolute Gasteiger partial charge is 0.507 e. The molecule has 5 nitrogen and oxygen atoms in total. The molecule has 0 aliphatic carbocycles. The average Bonchev–Trinajstić information content (AvgIpc) is 3.01. The SMILES string of the molecule is Cn1cc(-c2cc(O)c3c(=O)cc(-c4ccccc4)oc3c2)cn1. The van der Waals surface area contributed by atoms with Crippen LogP contribution in [0.3, 0.4) is 0 Å². The summed E-state index contributed by atoms with van der Waals surface area (Å²) < 4.78 is 7.56. The molecule has 2 aromatic heterocycles.